The van der Waals surface area contributed by atoms with Crippen LogP contribution in [0.3, 0.4) is 0 Å². The Kier molecular flexibility index (Phi) is 8.27. The van der Waals surface area contributed by atoms with Crippen LogP contribution in [0, 0.1) is 30.1 Å². The number of primary amides is 1. The lowest BCUT2D eigenvalue weighted by Crippen LogP contribution is -2.59. The summed E-state index contributed by atoms with van der Waals surface area (Å²) in [6, 6.07) is 6.59. The van der Waals surface area contributed by atoms with Crippen molar-refractivity contribution in [2.75, 3.05) is 32.7 Å². The summed E-state index contributed by atoms with van der Waals surface area (Å²) in [7, 11) is 0. The maximum atomic E-state index is 13.4. The molecule has 3 amide bonds. The van der Waals surface area contributed by atoms with Crippen molar-refractivity contribution in [2.24, 2.45) is 17.6 Å². The predicted molar refractivity (Wildman–Crippen MR) is 135 cm³/mol. The average molecular weight is 510 g/mol. The number of benzene rings is 1. The van der Waals surface area contributed by atoms with Gasteiger partial charge in [-0.2, -0.15) is 10.3 Å². The third-order valence-electron chi connectivity index (χ3n) is 7.86. The molecule has 3 atom stereocenters. The summed E-state index contributed by atoms with van der Waals surface area (Å²) in [5.41, 5.74) is 9.39. The lowest BCUT2D eigenvalue weighted by atomic mass is 9.81. The summed E-state index contributed by atoms with van der Waals surface area (Å²) in [5, 5.41) is 30.5. The Morgan fingerprint density at radius 1 is 1.16 bits per heavy atom. The van der Waals surface area contributed by atoms with Crippen LogP contribution in [0.2, 0.25) is 0 Å². The van der Waals surface area contributed by atoms with Crippen molar-refractivity contribution in [1.29, 1.82) is 5.26 Å². The Morgan fingerprint density at radius 2 is 1.89 bits per heavy atom. The van der Waals surface area contributed by atoms with Gasteiger partial charge in [0, 0.05) is 39.1 Å². The largest absolute Gasteiger partial charge is 0.393 e. The van der Waals surface area contributed by atoms with Crippen LogP contribution in [0.25, 0.3) is 5.57 Å². The standard InChI is InChI=1S/C27H35N5O5/c1-17-12-18(15-28)2-3-22(17)20-4-8-31(9-5-20)27(36)25-23(26(29)35)13-19(16-32(25)37)14-24(34)30-10-6-21(33)7-11-30/h2-4,12,19,21,23,25,33,37H,5-11,13-14,16H2,1H3,(H2,29,35)/t19-,23?,25-/m0/s1. The molecule has 4 rings (SSSR count). The molecule has 0 aromatic heterocycles. The Morgan fingerprint density at radius 3 is 2.49 bits per heavy atom. The Hall–Kier alpha value is -3.26. The first kappa shape index (κ1) is 26.8. The van der Waals surface area contributed by atoms with Crippen LogP contribution in [0.15, 0.2) is 24.3 Å². The highest BCUT2D eigenvalue weighted by molar-refractivity contribution is 5.90. The first-order chi connectivity index (χ1) is 17.7. The number of nitrogens with two attached hydrogens (primary N) is 1. The minimum absolute atomic E-state index is 0.0786. The first-order valence-electron chi connectivity index (χ1n) is 12.9. The number of hydrogen-bond acceptors (Lipinski definition) is 7. The molecule has 1 aromatic carbocycles. The van der Waals surface area contributed by atoms with Gasteiger partial charge in [0.1, 0.15) is 6.04 Å². The molecule has 3 aliphatic rings. The molecular formula is C27H35N5O5. The fraction of sp³-hybridized carbons (Fsp3) is 0.556. The summed E-state index contributed by atoms with van der Waals surface area (Å²) >= 11 is 0. The molecule has 0 saturated carbocycles. The number of aliphatic hydroxyl groups excluding tert-OH is 1. The van der Waals surface area contributed by atoms with Crippen LogP contribution in [-0.4, -0.2) is 87.8 Å². The quantitative estimate of drug-likeness (QED) is 0.536. The smallest absolute Gasteiger partial charge is 0.243 e. The van der Waals surface area contributed by atoms with Gasteiger partial charge in [-0.15, -0.1) is 0 Å². The lowest BCUT2D eigenvalue weighted by molar-refractivity contribution is -0.191. The summed E-state index contributed by atoms with van der Waals surface area (Å²) in [6.07, 6.45) is 3.68. The maximum absolute atomic E-state index is 13.4. The van der Waals surface area contributed by atoms with Crippen LogP contribution >= 0.6 is 0 Å². The van der Waals surface area contributed by atoms with Crippen LogP contribution < -0.4 is 5.73 Å². The van der Waals surface area contributed by atoms with Gasteiger partial charge in [-0.1, -0.05) is 12.1 Å². The molecule has 0 bridgehead atoms. The molecule has 10 nitrogen and oxygen atoms in total. The summed E-state index contributed by atoms with van der Waals surface area (Å²) in [5.74, 6) is -2.31. The number of nitriles is 1. The molecule has 198 valence electrons. The van der Waals surface area contributed by atoms with E-state index < -0.39 is 17.9 Å². The van der Waals surface area contributed by atoms with Crippen LogP contribution in [-0.2, 0) is 14.4 Å². The van der Waals surface area contributed by atoms with E-state index in [9.17, 15) is 24.7 Å². The van der Waals surface area contributed by atoms with E-state index in [4.69, 9.17) is 11.0 Å². The second kappa shape index (κ2) is 11.4. The highest BCUT2D eigenvalue weighted by Crippen LogP contribution is 2.32. The molecule has 0 radical (unpaired) electrons. The number of hydrogen-bond donors (Lipinski definition) is 3. The summed E-state index contributed by atoms with van der Waals surface area (Å²) in [6.45, 7) is 3.80. The number of aryl methyl sites for hydroxylation is 1. The molecular weight excluding hydrogens is 474 g/mol. The number of nitrogens with zero attached hydrogens (tertiary/aromatic N) is 4. The van der Waals surface area contributed by atoms with Crippen LogP contribution in [0.4, 0.5) is 0 Å². The molecule has 1 unspecified atom stereocenters. The zero-order valence-electron chi connectivity index (χ0n) is 21.2. The summed E-state index contributed by atoms with van der Waals surface area (Å²) in [4.78, 5) is 41.9. The Bertz CT molecular complexity index is 1120. The van der Waals surface area contributed by atoms with Crippen molar-refractivity contribution in [1.82, 2.24) is 14.9 Å². The van der Waals surface area contributed by atoms with Gasteiger partial charge in [-0.25, -0.2) is 0 Å². The lowest BCUT2D eigenvalue weighted by Gasteiger charge is -2.42. The van der Waals surface area contributed by atoms with E-state index in [1.807, 2.05) is 25.1 Å². The molecule has 10 heteroatoms. The normalized spacial score (nSPS) is 25.4. The monoisotopic (exact) mass is 509 g/mol. The van der Waals surface area contributed by atoms with Crippen LogP contribution in [0.1, 0.15) is 48.8 Å². The van der Waals surface area contributed by atoms with Gasteiger partial charge in [0.05, 0.1) is 23.7 Å². The number of likely N-dealkylation sites (tertiary alicyclic amines) is 1. The number of hydroxylamine groups is 2. The number of amides is 3. The fourth-order valence-corrected chi connectivity index (χ4v) is 5.75. The molecule has 4 N–H and O–H groups in total. The summed E-state index contributed by atoms with van der Waals surface area (Å²) < 4.78 is 0. The highest BCUT2D eigenvalue weighted by Gasteiger charge is 2.45. The fourth-order valence-electron chi connectivity index (χ4n) is 5.75. The number of piperidine rings is 2. The predicted octanol–water partition coefficient (Wildman–Crippen LogP) is 1.04. The van der Waals surface area contributed by atoms with Crippen LogP contribution in [0.5, 0.6) is 0 Å². The van der Waals surface area contributed by atoms with Crippen molar-refractivity contribution >= 4 is 23.3 Å². The zero-order valence-corrected chi connectivity index (χ0v) is 21.2. The van der Waals surface area contributed by atoms with E-state index in [1.165, 1.54) is 0 Å². The minimum atomic E-state index is -1.08. The Labute approximate surface area is 216 Å². The molecule has 3 aliphatic heterocycles. The minimum Gasteiger partial charge on any atom is -0.393 e. The van der Waals surface area contributed by atoms with Crippen molar-refractivity contribution in [3.05, 3.63) is 41.0 Å². The third kappa shape index (κ3) is 6.01. The van der Waals surface area contributed by atoms with E-state index in [1.54, 1.807) is 15.9 Å². The van der Waals surface area contributed by atoms with E-state index in [-0.39, 0.29) is 43.2 Å². The van der Waals surface area contributed by atoms with Gasteiger partial charge in [-0.05, 0) is 67.4 Å². The van der Waals surface area contributed by atoms with Gasteiger partial charge in [0.2, 0.25) is 17.7 Å². The zero-order chi connectivity index (χ0) is 26.7. The van der Waals surface area contributed by atoms with Crippen molar-refractivity contribution in [2.45, 2.75) is 51.2 Å². The van der Waals surface area contributed by atoms with E-state index >= 15 is 0 Å². The van der Waals surface area contributed by atoms with Gasteiger partial charge in [0.25, 0.3) is 0 Å². The van der Waals surface area contributed by atoms with Gasteiger partial charge in [0.15, 0.2) is 0 Å². The maximum Gasteiger partial charge on any atom is 0.243 e. The second-order valence-corrected chi connectivity index (χ2v) is 10.4. The average Bonchev–Trinajstić information content (AvgIpc) is 2.88. The van der Waals surface area contributed by atoms with Crippen molar-refractivity contribution < 1.29 is 24.7 Å². The molecule has 3 heterocycles. The molecule has 0 spiro atoms. The van der Waals surface area contributed by atoms with Gasteiger partial charge >= 0.3 is 0 Å². The first-order valence-corrected chi connectivity index (χ1v) is 12.9. The van der Waals surface area contributed by atoms with E-state index in [0.717, 1.165) is 21.8 Å². The molecule has 1 aromatic rings. The number of carbonyl (C=O) groups excluding carboxylic acids is 3. The molecule has 37 heavy (non-hydrogen) atoms. The van der Waals surface area contributed by atoms with E-state index in [0.29, 0.717) is 51.0 Å². The number of carbonyl (C=O) groups is 3. The Balaban J connectivity index is 1.40. The molecule has 0 aliphatic carbocycles. The van der Waals surface area contributed by atoms with Crippen molar-refractivity contribution in [3.63, 3.8) is 0 Å². The SMILES string of the molecule is Cc1cc(C#N)ccc1C1=CCN(C(=O)[C@@H]2C(C(N)=O)C[C@@H](CC(=O)N3CCC(O)CC3)CN2O)CC1. The topological polar surface area (TPSA) is 151 Å². The number of aliphatic hydroxyl groups is 1. The highest BCUT2D eigenvalue weighted by atomic mass is 16.5. The number of rotatable bonds is 5. The van der Waals surface area contributed by atoms with E-state index in [2.05, 4.69) is 6.07 Å². The second-order valence-electron chi connectivity index (χ2n) is 10.4. The van der Waals surface area contributed by atoms with Gasteiger partial charge < -0.3 is 25.8 Å². The third-order valence-corrected chi connectivity index (χ3v) is 7.86. The molecule has 2 fully saturated rings. The molecule has 2 saturated heterocycles. The van der Waals surface area contributed by atoms with Crippen molar-refractivity contribution in [3.8, 4) is 6.07 Å². The van der Waals surface area contributed by atoms with Gasteiger partial charge in [-0.3, -0.25) is 14.4 Å².